The Morgan fingerprint density at radius 2 is 1.89 bits per heavy atom. The summed E-state index contributed by atoms with van der Waals surface area (Å²) >= 11 is 1.95. The molecular formula is C13H12F3IO2. The van der Waals surface area contributed by atoms with Crippen molar-refractivity contribution in [2.24, 2.45) is 11.8 Å². The highest BCUT2D eigenvalue weighted by molar-refractivity contribution is 14.1. The molecule has 1 heterocycles. The van der Waals surface area contributed by atoms with Gasteiger partial charge in [-0.15, -0.1) is 0 Å². The van der Waals surface area contributed by atoms with Gasteiger partial charge in [0, 0.05) is 11.8 Å². The smallest absolute Gasteiger partial charge is 0.279 e. The topological polar surface area (TPSA) is 18.5 Å². The molecule has 1 aromatic rings. The summed E-state index contributed by atoms with van der Waals surface area (Å²) in [5.74, 6) is -5.35. The van der Waals surface area contributed by atoms with E-state index in [9.17, 15) is 13.2 Å². The van der Waals surface area contributed by atoms with Crippen LogP contribution in [-0.2, 0) is 21.8 Å². The largest absolute Gasteiger partial charge is 0.344 e. The summed E-state index contributed by atoms with van der Waals surface area (Å²) in [7, 11) is 0. The van der Waals surface area contributed by atoms with Crippen molar-refractivity contribution in [1.82, 2.24) is 0 Å². The van der Waals surface area contributed by atoms with Crippen molar-refractivity contribution < 1.29 is 22.6 Å². The fourth-order valence-corrected chi connectivity index (χ4v) is 3.27. The van der Waals surface area contributed by atoms with Crippen molar-refractivity contribution in [3.05, 3.63) is 35.1 Å². The Labute approximate surface area is 122 Å². The highest BCUT2D eigenvalue weighted by Crippen LogP contribution is 2.50. The molecule has 104 valence electrons. The van der Waals surface area contributed by atoms with Crippen molar-refractivity contribution >= 4 is 22.6 Å². The second-order valence-corrected chi connectivity index (χ2v) is 5.93. The summed E-state index contributed by atoms with van der Waals surface area (Å²) < 4.78 is 52.6. The third kappa shape index (κ3) is 2.27. The van der Waals surface area contributed by atoms with Gasteiger partial charge in [0.05, 0.1) is 18.8 Å². The molecule has 1 saturated heterocycles. The van der Waals surface area contributed by atoms with E-state index in [1.54, 1.807) is 6.07 Å². The molecule has 1 unspecified atom stereocenters. The van der Waals surface area contributed by atoms with E-state index in [1.165, 1.54) is 6.07 Å². The van der Waals surface area contributed by atoms with E-state index >= 15 is 0 Å². The van der Waals surface area contributed by atoms with Crippen molar-refractivity contribution in [2.75, 3.05) is 13.2 Å². The molecule has 0 aromatic heterocycles. The first-order valence-electron chi connectivity index (χ1n) is 6.03. The summed E-state index contributed by atoms with van der Waals surface area (Å²) in [5, 5.41) is 0. The number of halogens is 4. The second kappa shape index (κ2) is 4.89. The highest BCUT2D eigenvalue weighted by Gasteiger charge is 2.53. The second-order valence-electron chi connectivity index (χ2n) is 4.91. The number of hydrogen-bond acceptors (Lipinski definition) is 2. The quantitative estimate of drug-likeness (QED) is 0.546. The molecule has 0 radical (unpaired) electrons. The Morgan fingerprint density at radius 1 is 1.21 bits per heavy atom. The standard InChI is InChI=1S/C13H12F3IO2/c14-10-3-1-2-7-4-9(13(15,16)11(7)10)8-5-18-12(17)19-6-8/h1-3,8-9,12H,4-6H2. The van der Waals surface area contributed by atoms with E-state index in [2.05, 4.69) is 0 Å². The van der Waals surface area contributed by atoms with Crippen molar-refractivity contribution in [3.63, 3.8) is 0 Å². The number of benzene rings is 1. The molecule has 1 fully saturated rings. The molecule has 1 atom stereocenters. The number of rotatable bonds is 1. The Bertz CT molecular complexity index is 487. The third-order valence-electron chi connectivity index (χ3n) is 3.79. The van der Waals surface area contributed by atoms with Gasteiger partial charge in [-0.1, -0.05) is 12.1 Å². The van der Waals surface area contributed by atoms with Gasteiger partial charge in [0.1, 0.15) is 5.82 Å². The SMILES string of the molecule is Fc1cccc2c1C(F)(F)C(C1COC(I)OC1)C2. The molecule has 6 heteroatoms. The van der Waals surface area contributed by atoms with Gasteiger partial charge in [0.15, 0.2) is 0 Å². The summed E-state index contributed by atoms with van der Waals surface area (Å²) in [6.45, 7) is 0.451. The Morgan fingerprint density at radius 3 is 2.53 bits per heavy atom. The lowest BCUT2D eigenvalue weighted by molar-refractivity contribution is -0.180. The average molecular weight is 384 g/mol. The van der Waals surface area contributed by atoms with Crippen LogP contribution in [0.5, 0.6) is 0 Å². The zero-order chi connectivity index (χ0) is 13.6. The molecule has 2 nitrogen and oxygen atoms in total. The van der Waals surface area contributed by atoms with Crippen LogP contribution in [0.25, 0.3) is 0 Å². The van der Waals surface area contributed by atoms with Crippen LogP contribution in [0.1, 0.15) is 11.1 Å². The molecule has 1 aromatic carbocycles. The monoisotopic (exact) mass is 384 g/mol. The minimum absolute atomic E-state index is 0.170. The molecule has 1 aliphatic carbocycles. The van der Waals surface area contributed by atoms with Crippen LogP contribution in [0.15, 0.2) is 18.2 Å². The summed E-state index contributed by atoms with van der Waals surface area (Å²) in [5.41, 5.74) is -0.0526. The van der Waals surface area contributed by atoms with Gasteiger partial charge in [-0.05, 0) is 40.6 Å². The van der Waals surface area contributed by atoms with Crippen molar-refractivity contribution in [1.29, 1.82) is 0 Å². The first-order valence-corrected chi connectivity index (χ1v) is 7.27. The maximum atomic E-state index is 14.4. The van der Waals surface area contributed by atoms with Crippen LogP contribution < -0.4 is 0 Å². The average Bonchev–Trinajstić information content (AvgIpc) is 2.63. The van der Waals surface area contributed by atoms with Gasteiger partial charge >= 0.3 is 0 Å². The molecule has 3 rings (SSSR count). The number of alkyl halides is 3. The molecule has 2 aliphatic rings. The first kappa shape index (κ1) is 13.6. The van der Waals surface area contributed by atoms with Crippen LogP contribution in [0, 0.1) is 17.7 Å². The Balaban J connectivity index is 1.89. The van der Waals surface area contributed by atoms with Crippen LogP contribution in [0.4, 0.5) is 13.2 Å². The maximum absolute atomic E-state index is 14.4. The van der Waals surface area contributed by atoms with E-state index in [1.807, 2.05) is 22.6 Å². The van der Waals surface area contributed by atoms with Gasteiger partial charge in [-0.3, -0.25) is 0 Å². The number of fused-ring (bicyclic) bond motifs is 1. The predicted octanol–water partition coefficient (Wildman–Crippen LogP) is 3.47. The molecule has 0 N–H and O–H groups in total. The maximum Gasteiger partial charge on any atom is 0.279 e. The lowest BCUT2D eigenvalue weighted by atomic mass is 9.88. The zero-order valence-corrected chi connectivity index (χ0v) is 12.1. The molecule has 0 amide bonds. The Hall–Kier alpha value is -0.340. The zero-order valence-electron chi connectivity index (χ0n) is 9.91. The van der Waals surface area contributed by atoms with Crippen LogP contribution in [0.2, 0.25) is 0 Å². The molecule has 0 bridgehead atoms. The molecule has 19 heavy (non-hydrogen) atoms. The highest BCUT2D eigenvalue weighted by atomic mass is 127. The lowest BCUT2D eigenvalue weighted by Crippen LogP contribution is -2.39. The third-order valence-corrected chi connectivity index (χ3v) is 4.51. The van der Waals surface area contributed by atoms with Crippen molar-refractivity contribution in [2.45, 2.75) is 16.6 Å². The molecule has 0 saturated carbocycles. The summed E-state index contributed by atoms with van der Waals surface area (Å²) in [6, 6.07) is 4.13. The molecule has 1 aliphatic heterocycles. The van der Waals surface area contributed by atoms with Crippen LogP contribution >= 0.6 is 22.6 Å². The van der Waals surface area contributed by atoms with Gasteiger partial charge in [0.25, 0.3) is 5.92 Å². The van der Waals surface area contributed by atoms with Crippen LogP contribution in [-0.4, -0.2) is 17.5 Å². The fraction of sp³-hybridized carbons (Fsp3) is 0.538. The minimum atomic E-state index is -3.16. The van der Waals surface area contributed by atoms with Gasteiger partial charge in [0.2, 0.25) is 4.30 Å². The Kier molecular flexibility index (Phi) is 3.51. The first-order chi connectivity index (χ1) is 9.00. The lowest BCUT2D eigenvalue weighted by Gasteiger charge is -2.33. The number of ether oxygens (including phenoxy) is 2. The van der Waals surface area contributed by atoms with Crippen LogP contribution in [0.3, 0.4) is 0 Å². The fourth-order valence-electron chi connectivity index (χ4n) is 2.85. The van der Waals surface area contributed by atoms with E-state index in [0.717, 1.165) is 6.07 Å². The molecular weight excluding hydrogens is 372 g/mol. The summed E-state index contributed by atoms with van der Waals surface area (Å²) in [6.07, 6.45) is 0.170. The minimum Gasteiger partial charge on any atom is -0.344 e. The summed E-state index contributed by atoms with van der Waals surface area (Å²) in [4.78, 5) is 0. The van der Waals surface area contributed by atoms with Gasteiger partial charge < -0.3 is 9.47 Å². The van der Waals surface area contributed by atoms with Crippen molar-refractivity contribution in [3.8, 4) is 0 Å². The van der Waals surface area contributed by atoms with Gasteiger partial charge in [-0.2, -0.15) is 0 Å². The van der Waals surface area contributed by atoms with E-state index in [-0.39, 0.29) is 23.9 Å². The van der Waals surface area contributed by atoms with E-state index in [0.29, 0.717) is 5.56 Å². The number of hydrogen-bond donors (Lipinski definition) is 0. The molecule has 0 spiro atoms. The van der Waals surface area contributed by atoms with E-state index in [4.69, 9.17) is 9.47 Å². The van der Waals surface area contributed by atoms with Gasteiger partial charge in [-0.25, -0.2) is 13.2 Å². The van der Waals surface area contributed by atoms with E-state index < -0.39 is 29.1 Å². The predicted molar refractivity (Wildman–Crippen MR) is 70.7 cm³/mol. The normalized spacial score (nSPS) is 33.2.